The van der Waals surface area contributed by atoms with Gasteiger partial charge in [-0.3, -0.25) is 14.5 Å². The van der Waals surface area contributed by atoms with Gasteiger partial charge in [0.2, 0.25) is 0 Å². The molecular weight excluding hydrogens is 240 g/mol. The van der Waals surface area contributed by atoms with Gasteiger partial charge in [0, 0.05) is 25.9 Å². The highest BCUT2D eigenvalue weighted by molar-refractivity contribution is 5.91. The summed E-state index contributed by atoms with van der Waals surface area (Å²) >= 11 is 0. The molecule has 19 heavy (non-hydrogen) atoms. The molecule has 5 nitrogen and oxygen atoms in total. The third-order valence-electron chi connectivity index (χ3n) is 2.58. The highest BCUT2D eigenvalue weighted by Gasteiger charge is 1.97. The minimum atomic E-state index is 0.00981. The van der Waals surface area contributed by atoms with E-state index in [1.165, 1.54) is 12.5 Å². The van der Waals surface area contributed by atoms with Crippen LogP contribution in [0.3, 0.4) is 0 Å². The van der Waals surface area contributed by atoms with Gasteiger partial charge in [-0.05, 0) is 31.5 Å². The largest absolute Gasteiger partial charge is 0.329 e. The SMILES string of the molecule is CC(=O)c1ccccn1.Cc1cn(CCN)nc1C. The predicted octanol–water partition coefficient (Wildman–Crippen LogP) is 1.74. The molecule has 0 fully saturated rings. The Kier molecular flexibility index (Phi) is 5.89. The van der Waals surface area contributed by atoms with Gasteiger partial charge in [0.25, 0.3) is 0 Å². The first-order valence-corrected chi connectivity index (χ1v) is 6.17. The van der Waals surface area contributed by atoms with Gasteiger partial charge in [-0.1, -0.05) is 6.07 Å². The number of ketones is 1. The van der Waals surface area contributed by atoms with E-state index in [0.29, 0.717) is 12.2 Å². The zero-order valence-electron chi connectivity index (χ0n) is 11.6. The fourth-order valence-corrected chi connectivity index (χ4v) is 1.44. The van der Waals surface area contributed by atoms with E-state index in [9.17, 15) is 4.79 Å². The maximum Gasteiger partial charge on any atom is 0.178 e. The Morgan fingerprint density at radius 2 is 2.11 bits per heavy atom. The Bertz CT molecular complexity index is 500. The lowest BCUT2D eigenvalue weighted by Gasteiger charge is -1.94. The fourth-order valence-electron chi connectivity index (χ4n) is 1.44. The van der Waals surface area contributed by atoms with Crippen molar-refractivity contribution in [3.8, 4) is 0 Å². The summed E-state index contributed by atoms with van der Waals surface area (Å²) in [7, 11) is 0. The second kappa shape index (κ2) is 7.43. The van der Waals surface area contributed by atoms with Crippen molar-refractivity contribution < 1.29 is 4.79 Å². The van der Waals surface area contributed by atoms with Crippen molar-refractivity contribution in [3.63, 3.8) is 0 Å². The number of nitrogens with two attached hydrogens (primary N) is 1. The van der Waals surface area contributed by atoms with Crippen molar-refractivity contribution in [2.75, 3.05) is 6.54 Å². The Morgan fingerprint density at radius 1 is 1.37 bits per heavy atom. The van der Waals surface area contributed by atoms with Crippen LogP contribution in [-0.2, 0) is 6.54 Å². The van der Waals surface area contributed by atoms with Gasteiger partial charge in [-0.2, -0.15) is 5.10 Å². The van der Waals surface area contributed by atoms with Gasteiger partial charge in [-0.15, -0.1) is 0 Å². The van der Waals surface area contributed by atoms with Crippen LogP contribution in [0.15, 0.2) is 30.6 Å². The lowest BCUT2D eigenvalue weighted by molar-refractivity contribution is 0.101. The summed E-state index contributed by atoms with van der Waals surface area (Å²) < 4.78 is 1.88. The van der Waals surface area contributed by atoms with E-state index in [0.717, 1.165) is 12.2 Å². The van der Waals surface area contributed by atoms with Crippen molar-refractivity contribution in [1.82, 2.24) is 14.8 Å². The number of hydrogen-bond donors (Lipinski definition) is 1. The zero-order chi connectivity index (χ0) is 14.3. The third-order valence-corrected chi connectivity index (χ3v) is 2.58. The van der Waals surface area contributed by atoms with Gasteiger partial charge in [0.1, 0.15) is 5.69 Å². The first kappa shape index (κ1) is 15.0. The molecule has 0 atom stereocenters. The number of nitrogens with zero attached hydrogens (tertiary/aromatic N) is 3. The monoisotopic (exact) mass is 260 g/mol. The van der Waals surface area contributed by atoms with Gasteiger partial charge in [-0.25, -0.2) is 0 Å². The van der Waals surface area contributed by atoms with Crippen LogP contribution in [0.2, 0.25) is 0 Å². The molecule has 102 valence electrons. The highest BCUT2D eigenvalue weighted by Crippen LogP contribution is 2.01. The van der Waals surface area contributed by atoms with E-state index in [1.807, 2.05) is 17.8 Å². The van der Waals surface area contributed by atoms with Crippen LogP contribution < -0.4 is 5.73 Å². The smallest absolute Gasteiger partial charge is 0.178 e. The van der Waals surface area contributed by atoms with Crippen molar-refractivity contribution >= 4 is 5.78 Å². The number of rotatable bonds is 3. The molecule has 0 radical (unpaired) electrons. The van der Waals surface area contributed by atoms with E-state index in [2.05, 4.69) is 17.0 Å². The number of aryl methyl sites for hydroxylation is 2. The number of Topliss-reactive ketones (excluding diaryl/α,β-unsaturated/α-hetero) is 1. The number of carbonyl (C=O) groups excluding carboxylic acids is 1. The minimum absolute atomic E-state index is 0.00981. The van der Waals surface area contributed by atoms with Crippen LogP contribution in [0, 0.1) is 13.8 Å². The highest BCUT2D eigenvalue weighted by atomic mass is 16.1. The molecule has 2 heterocycles. The summed E-state index contributed by atoms with van der Waals surface area (Å²) in [6.45, 7) is 7.02. The molecule has 0 spiro atoms. The van der Waals surface area contributed by atoms with Gasteiger partial charge >= 0.3 is 0 Å². The third kappa shape index (κ3) is 5.01. The first-order valence-electron chi connectivity index (χ1n) is 6.17. The number of hydrogen-bond acceptors (Lipinski definition) is 4. The Morgan fingerprint density at radius 3 is 2.47 bits per heavy atom. The number of pyridine rings is 1. The molecule has 0 aliphatic carbocycles. The molecule has 0 aromatic carbocycles. The van der Waals surface area contributed by atoms with Crippen LogP contribution in [0.25, 0.3) is 0 Å². The minimum Gasteiger partial charge on any atom is -0.329 e. The predicted molar refractivity (Wildman–Crippen MR) is 75.0 cm³/mol. The molecule has 0 saturated heterocycles. The van der Waals surface area contributed by atoms with Crippen LogP contribution >= 0.6 is 0 Å². The average molecular weight is 260 g/mol. The molecule has 0 bridgehead atoms. The summed E-state index contributed by atoms with van der Waals surface area (Å²) in [4.78, 5) is 14.4. The zero-order valence-corrected chi connectivity index (χ0v) is 11.6. The molecule has 0 unspecified atom stereocenters. The van der Waals surface area contributed by atoms with Gasteiger partial charge in [0.15, 0.2) is 5.78 Å². The average Bonchev–Trinajstić information content (AvgIpc) is 2.71. The van der Waals surface area contributed by atoms with E-state index >= 15 is 0 Å². The van der Waals surface area contributed by atoms with E-state index in [-0.39, 0.29) is 5.78 Å². The van der Waals surface area contributed by atoms with Crippen LogP contribution in [-0.4, -0.2) is 27.1 Å². The van der Waals surface area contributed by atoms with Crippen LogP contribution in [0.4, 0.5) is 0 Å². The second-order valence-corrected chi connectivity index (χ2v) is 4.22. The van der Waals surface area contributed by atoms with E-state index < -0.39 is 0 Å². The quantitative estimate of drug-likeness (QED) is 0.853. The standard InChI is InChI=1S/C7H13N3.C7H7NO/c1-6-5-10(4-3-8)9-7(6)2;1-6(9)7-4-2-3-5-8-7/h5H,3-4,8H2,1-2H3;2-5H,1H3. The number of carbonyl (C=O) groups is 1. The molecule has 2 N–H and O–H groups in total. The molecule has 0 amide bonds. The molecule has 0 saturated carbocycles. The van der Waals surface area contributed by atoms with Crippen molar-refractivity contribution in [1.29, 1.82) is 0 Å². The molecule has 0 aliphatic heterocycles. The summed E-state index contributed by atoms with van der Waals surface area (Å²) in [6, 6.07) is 5.28. The molecule has 2 rings (SSSR count). The Labute approximate surface area is 113 Å². The Hall–Kier alpha value is -2.01. The van der Waals surface area contributed by atoms with Crippen LogP contribution in [0.5, 0.6) is 0 Å². The second-order valence-electron chi connectivity index (χ2n) is 4.22. The number of aromatic nitrogens is 3. The van der Waals surface area contributed by atoms with Gasteiger partial charge < -0.3 is 5.73 Å². The van der Waals surface area contributed by atoms with E-state index in [1.54, 1.807) is 24.4 Å². The van der Waals surface area contributed by atoms with Crippen LogP contribution in [0.1, 0.15) is 28.7 Å². The van der Waals surface area contributed by atoms with Gasteiger partial charge in [0.05, 0.1) is 12.2 Å². The molecular formula is C14H20N4O. The normalized spacial score (nSPS) is 9.68. The Balaban J connectivity index is 0.000000191. The molecule has 2 aromatic heterocycles. The summed E-state index contributed by atoms with van der Waals surface area (Å²) in [5, 5.41) is 4.24. The summed E-state index contributed by atoms with van der Waals surface area (Å²) in [5.41, 5.74) is 8.21. The molecule has 0 aliphatic rings. The summed E-state index contributed by atoms with van der Waals surface area (Å²) in [6.07, 6.45) is 3.62. The lowest BCUT2D eigenvalue weighted by Crippen LogP contribution is -2.10. The fraction of sp³-hybridized carbons (Fsp3) is 0.357. The van der Waals surface area contributed by atoms with Crippen molar-refractivity contribution in [3.05, 3.63) is 47.5 Å². The van der Waals surface area contributed by atoms with E-state index in [4.69, 9.17) is 5.73 Å². The maximum absolute atomic E-state index is 10.6. The molecule has 5 heteroatoms. The lowest BCUT2D eigenvalue weighted by atomic mass is 10.3. The molecule has 2 aromatic rings. The maximum atomic E-state index is 10.6. The van der Waals surface area contributed by atoms with Crippen molar-refractivity contribution in [2.45, 2.75) is 27.3 Å². The van der Waals surface area contributed by atoms with Crippen molar-refractivity contribution in [2.24, 2.45) is 5.73 Å². The topological polar surface area (TPSA) is 73.8 Å². The summed E-state index contributed by atoms with van der Waals surface area (Å²) in [5.74, 6) is 0.00981. The first-order chi connectivity index (χ1) is 9.04.